The Bertz CT molecular complexity index is 1170. The highest BCUT2D eigenvalue weighted by molar-refractivity contribution is 8.00. The zero-order chi connectivity index (χ0) is 20.5. The minimum atomic E-state index is -0.350. The van der Waals surface area contributed by atoms with Crippen molar-refractivity contribution < 1.29 is 4.79 Å². The van der Waals surface area contributed by atoms with Crippen molar-refractivity contribution in [2.45, 2.75) is 23.4 Å². The Morgan fingerprint density at radius 2 is 1.57 bits per heavy atom. The summed E-state index contributed by atoms with van der Waals surface area (Å²) >= 11 is 1.46. The Labute approximate surface area is 179 Å². The minimum absolute atomic E-state index is 0.0769. The van der Waals surface area contributed by atoms with E-state index in [9.17, 15) is 4.79 Å². The number of ketones is 1. The van der Waals surface area contributed by atoms with E-state index in [2.05, 4.69) is 34.7 Å². The molecule has 0 spiro atoms. The normalized spacial score (nSPS) is 17.8. The summed E-state index contributed by atoms with van der Waals surface area (Å²) in [5.74, 6) is 0.817. The summed E-state index contributed by atoms with van der Waals surface area (Å²) in [5.41, 5.74) is 7.44. The second-order valence-corrected chi connectivity index (χ2v) is 8.40. The molecule has 0 radical (unpaired) electrons. The summed E-state index contributed by atoms with van der Waals surface area (Å²) in [6.45, 7) is 2.06. The molecule has 30 heavy (non-hydrogen) atoms. The Kier molecular flexibility index (Phi) is 4.85. The van der Waals surface area contributed by atoms with Gasteiger partial charge in [0.1, 0.15) is 5.25 Å². The number of nitrogens with one attached hydrogen (secondary N) is 1. The lowest BCUT2D eigenvalue weighted by atomic mass is 9.97. The van der Waals surface area contributed by atoms with Gasteiger partial charge in [0.05, 0.1) is 6.04 Å². The molecule has 2 atom stereocenters. The quantitative estimate of drug-likeness (QED) is 0.483. The molecule has 1 aromatic heterocycles. The molecular weight excluding hydrogens is 392 g/mol. The fourth-order valence-electron chi connectivity index (χ4n) is 3.62. The van der Waals surface area contributed by atoms with Gasteiger partial charge in [-0.1, -0.05) is 102 Å². The zero-order valence-corrected chi connectivity index (χ0v) is 17.2. The summed E-state index contributed by atoms with van der Waals surface area (Å²) in [7, 11) is 0. The van der Waals surface area contributed by atoms with Crippen LogP contribution >= 0.6 is 11.8 Å². The van der Waals surface area contributed by atoms with Crippen molar-refractivity contribution in [1.82, 2.24) is 14.9 Å². The fraction of sp³-hybridized carbons (Fsp3) is 0.125. The van der Waals surface area contributed by atoms with Gasteiger partial charge < -0.3 is 5.43 Å². The fourth-order valence-corrected chi connectivity index (χ4v) is 4.78. The van der Waals surface area contributed by atoms with Crippen LogP contribution in [0.1, 0.15) is 27.5 Å². The van der Waals surface area contributed by atoms with Gasteiger partial charge in [0.2, 0.25) is 5.16 Å². The molecule has 1 aliphatic rings. The molecule has 3 aromatic carbocycles. The second-order valence-electron chi connectivity index (χ2n) is 7.29. The van der Waals surface area contributed by atoms with Gasteiger partial charge >= 0.3 is 0 Å². The van der Waals surface area contributed by atoms with Crippen LogP contribution in [0.2, 0.25) is 0 Å². The van der Waals surface area contributed by atoms with Crippen molar-refractivity contribution in [3.8, 4) is 11.4 Å². The number of aromatic nitrogens is 3. The molecule has 0 aliphatic carbocycles. The van der Waals surface area contributed by atoms with E-state index in [1.165, 1.54) is 17.3 Å². The third-order valence-corrected chi connectivity index (χ3v) is 6.44. The van der Waals surface area contributed by atoms with Gasteiger partial charge in [0.25, 0.3) is 0 Å². The first-order valence-electron chi connectivity index (χ1n) is 9.80. The largest absolute Gasteiger partial charge is 0.313 e. The van der Waals surface area contributed by atoms with E-state index in [1.54, 1.807) is 0 Å². The van der Waals surface area contributed by atoms with Gasteiger partial charge in [0.15, 0.2) is 11.6 Å². The number of hydrogen-bond acceptors (Lipinski definition) is 5. The van der Waals surface area contributed by atoms with E-state index in [0.717, 1.165) is 17.0 Å². The maximum Gasteiger partial charge on any atom is 0.211 e. The molecule has 0 amide bonds. The van der Waals surface area contributed by atoms with Crippen LogP contribution in [0.4, 0.5) is 0 Å². The number of nitrogens with zero attached hydrogens (tertiary/aromatic N) is 3. The number of hydrogen-bond donors (Lipinski definition) is 1. The third kappa shape index (κ3) is 3.39. The van der Waals surface area contributed by atoms with Gasteiger partial charge in [-0.2, -0.15) is 0 Å². The van der Waals surface area contributed by atoms with E-state index in [4.69, 9.17) is 0 Å². The van der Waals surface area contributed by atoms with Crippen molar-refractivity contribution in [2.24, 2.45) is 0 Å². The van der Waals surface area contributed by atoms with E-state index < -0.39 is 0 Å². The molecule has 1 N–H and O–H groups in total. The van der Waals surface area contributed by atoms with Crippen LogP contribution in [0.15, 0.2) is 90.1 Å². The van der Waals surface area contributed by atoms with Gasteiger partial charge in [-0.15, -0.1) is 10.2 Å². The molecule has 0 saturated heterocycles. The topological polar surface area (TPSA) is 59.8 Å². The van der Waals surface area contributed by atoms with Gasteiger partial charge in [0, 0.05) is 11.1 Å². The van der Waals surface area contributed by atoms with Crippen LogP contribution < -0.4 is 5.43 Å². The maximum atomic E-state index is 13.4. The van der Waals surface area contributed by atoms with Crippen LogP contribution in [0, 0.1) is 6.92 Å². The molecule has 0 bridgehead atoms. The lowest BCUT2D eigenvalue weighted by Crippen LogP contribution is -2.39. The van der Waals surface area contributed by atoms with E-state index >= 15 is 0 Å². The van der Waals surface area contributed by atoms with Gasteiger partial charge in [-0.25, -0.2) is 4.68 Å². The lowest BCUT2D eigenvalue weighted by molar-refractivity contribution is 0.0980. The maximum absolute atomic E-state index is 13.4. The number of fused-ring (bicyclic) bond motifs is 1. The van der Waals surface area contributed by atoms with Crippen LogP contribution in [0.25, 0.3) is 11.4 Å². The Hall–Kier alpha value is -3.38. The first-order valence-corrected chi connectivity index (χ1v) is 10.7. The number of Topliss-reactive ketones (excluding diaryl/α,β-unsaturated/α-hetero) is 1. The zero-order valence-electron chi connectivity index (χ0n) is 16.4. The number of carbonyl (C=O) groups is 1. The highest BCUT2D eigenvalue weighted by atomic mass is 32.2. The first kappa shape index (κ1) is 18.6. The van der Waals surface area contributed by atoms with Gasteiger partial charge in [-0.3, -0.25) is 4.79 Å². The van der Waals surface area contributed by atoms with Crippen LogP contribution in [-0.4, -0.2) is 25.9 Å². The molecule has 5 nitrogen and oxygen atoms in total. The van der Waals surface area contributed by atoms with Crippen molar-refractivity contribution in [1.29, 1.82) is 0 Å². The SMILES string of the molecule is Cc1ccc(-c2nnc3n2N[C@H](c2ccccc2)[C@@H](C(=O)c2ccccc2)S3)cc1. The van der Waals surface area contributed by atoms with Gasteiger partial charge in [-0.05, 0) is 12.5 Å². The Morgan fingerprint density at radius 3 is 2.27 bits per heavy atom. The molecule has 0 fully saturated rings. The molecule has 2 heterocycles. The number of rotatable bonds is 4. The summed E-state index contributed by atoms with van der Waals surface area (Å²) in [6.07, 6.45) is 0. The number of carbonyl (C=O) groups excluding carboxylic acids is 1. The molecule has 0 saturated carbocycles. The number of benzene rings is 3. The molecule has 0 unspecified atom stereocenters. The molecule has 1 aliphatic heterocycles. The van der Waals surface area contributed by atoms with Crippen LogP contribution in [0.5, 0.6) is 0 Å². The van der Waals surface area contributed by atoms with Crippen molar-refractivity contribution in [3.63, 3.8) is 0 Å². The molecule has 148 valence electrons. The average molecular weight is 413 g/mol. The van der Waals surface area contributed by atoms with E-state index in [1.807, 2.05) is 77.5 Å². The highest BCUT2D eigenvalue weighted by Gasteiger charge is 2.38. The van der Waals surface area contributed by atoms with Crippen molar-refractivity contribution in [2.75, 3.05) is 5.43 Å². The van der Waals surface area contributed by atoms with E-state index in [0.29, 0.717) is 10.7 Å². The average Bonchev–Trinajstić information content (AvgIpc) is 3.22. The molecule has 4 aromatic rings. The third-order valence-electron chi connectivity index (χ3n) is 5.22. The summed E-state index contributed by atoms with van der Waals surface area (Å²) in [4.78, 5) is 13.4. The molecule has 6 heteroatoms. The van der Waals surface area contributed by atoms with E-state index in [-0.39, 0.29) is 17.1 Å². The summed E-state index contributed by atoms with van der Waals surface area (Å²) < 4.78 is 1.90. The summed E-state index contributed by atoms with van der Waals surface area (Å²) in [5, 5.41) is 9.12. The summed E-state index contributed by atoms with van der Waals surface area (Å²) in [6, 6.07) is 27.5. The first-order chi connectivity index (χ1) is 14.7. The second kappa shape index (κ2) is 7.80. The van der Waals surface area contributed by atoms with Crippen LogP contribution in [-0.2, 0) is 0 Å². The standard InChI is InChI=1S/C24H20N4OS/c1-16-12-14-19(15-13-16)23-25-26-24-28(23)27-20(17-8-4-2-5-9-17)22(30-24)21(29)18-10-6-3-7-11-18/h2-15,20,22,27H,1H3/t20-,22+/m1/s1. The highest BCUT2D eigenvalue weighted by Crippen LogP contribution is 2.39. The monoisotopic (exact) mass is 412 g/mol. The Balaban J connectivity index is 1.57. The lowest BCUT2D eigenvalue weighted by Gasteiger charge is -2.33. The molecule has 5 rings (SSSR count). The van der Waals surface area contributed by atoms with Crippen molar-refractivity contribution in [3.05, 3.63) is 102 Å². The minimum Gasteiger partial charge on any atom is -0.313 e. The number of aryl methyl sites for hydroxylation is 1. The number of thioether (sulfide) groups is 1. The van der Waals surface area contributed by atoms with Crippen LogP contribution in [0.3, 0.4) is 0 Å². The predicted octanol–water partition coefficient (Wildman–Crippen LogP) is 4.90. The Morgan fingerprint density at radius 1 is 0.900 bits per heavy atom. The predicted molar refractivity (Wildman–Crippen MR) is 119 cm³/mol. The van der Waals surface area contributed by atoms with Crippen molar-refractivity contribution >= 4 is 17.5 Å². The molecular formula is C24H20N4OS. The smallest absolute Gasteiger partial charge is 0.211 e.